The Bertz CT molecular complexity index is 1110. The number of fused-ring (bicyclic) bond motifs is 2. The van der Waals surface area contributed by atoms with Crippen LogP contribution in [0.1, 0.15) is 81.4 Å². The molecule has 3 fully saturated rings. The average molecular weight is 503 g/mol. The smallest absolute Gasteiger partial charge is 0.224 e. The van der Waals surface area contributed by atoms with Crippen LogP contribution in [0, 0.1) is 35.5 Å². The third-order valence-electron chi connectivity index (χ3n) is 9.12. The van der Waals surface area contributed by atoms with Crippen molar-refractivity contribution >= 4 is 11.8 Å². The summed E-state index contributed by atoms with van der Waals surface area (Å²) in [7, 11) is 0. The van der Waals surface area contributed by atoms with Gasteiger partial charge in [0.2, 0.25) is 5.95 Å². The number of rotatable bonds is 8. The van der Waals surface area contributed by atoms with E-state index in [2.05, 4.69) is 53.0 Å². The van der Waals surface area contributed by atoms with E-state index in [9.17, 15) is 10.4 Å². The number of hydrogen-bond acceptors (Lipinski definition) is 7. The predicted octanol–water partition coefficient (Wildman–Crippen LogP) is 5.16. The molecule has 1 heterocycles. The second kappa shape index (κ2) is 11.4. The van der Waals surface area contributed by atoms with E-state index in [1.807, 2.05) is 12.1 Å². The summed E-state index contributed by atoms with van der Waals surface area (Å²) in [5.41, 5.74) is 3.18. The molecule has 4 atom stereocenters. The number of nitrogens with zero attached hydrogens (tertiary/aromatic N) is 3. The molecule has 3 aliphatic carbocycles. The van der Waals surface area contributed by atoms with Gasteiger partial charge in [0.1, 0.15) is 17.5 Å². The molecule has 0 aliphatic heterocycles. The zero-order valence-electron chi connectivity index (χ0n) is 22.3. The molecule has 1 aromatic carbocycles. The number of nitrogens with one attached hydrogen (secondary N) is 3. The van der Waals surface area contributed by atoms with Crippen LogP contribution in [-0.4, -0.2) is 39.8 Å². The summed E-state index contributed by atoms with van der Waals surface area (Å²) in [5, 5.41) is 30.5. The van der Waals surface area contributed by atoms with Gasteiger partial charge in [0.15, 0.2) is 0 Å². The van der Waals surface area contributed by atoms with E-state index in [0.717, 1.165) is 32.2 Å². The zero-order chi connectivity index (χ0) is 25.8. The molecule has 1 unspecified atom stereocenters. The minimum atomic E-state index is -0.101. The van der Waals surface area contributed by atoms with Crippen LogP contribution in [0.3, 0.4) is 0 Å². The van der Waals surface area contributed by atoms with Crippen molar-refractivity contribution in [2.75, 3.05) is 17.2 Å². The molecular weight excluding hydrogens is 460 g/mol. The molecule has 5 rings (SSSR count). The first kappa shape index (κ1) is 25.9. The highest BCUT2D eigenvalue weighted by Gasteiger charge is 2.46. The molecule has 7 heteroatoms. The van der Waals surface area contributed by atoms with Gasteiger partial charge < -0.3 is 21.1 Å². The number of nitriles is 1. The molecule has 0 saturated heterocycles. The summed E-state index contributed by atoms with van der Waals surface area (Å²) >= 11 is 0. The van der Waals surface area contributed by atoms with Crippen LogP contribution in [0.15, 0.2) is 30.5 Å². The van der Waals surface area contributed by atoms with Gasteiger partial charge in [-0.1, -0.05) is 31.2 Å². The number of aliphatic hydroxyl groups excluding tert-OH is 1. The molecule has 3 saturated carbocycles. The van der Waals surface area contributed by atoms with Gasteiger partial charge in [-0.15, -0.1) is 0 Å². The number of aromatic nitrogens is 2. The van der Waals surface area contributed by atoms with Crippen LogP contribution in [0.5, 0.6) is 0 Å². The molecular formula is C30H42N6O. The highest BCUT2D eigenvalue weighted by Crippen LogP contribution is 2.51. The van der Waals surface area contributed by atoms with Gasteiger partial charge in [0.05, 0.1) is 12.3 Å². The molecule has 0 amide bonds. The molecule has 4 N–H and O–H groups in total. The van der Waals surface area contributed by atoms with Gasteiger partial charge >= 0.3 is 0 Å². The van der Waals surface area contributed by atoms with Crippen LogP contribution in [-0.2, 0) is 6.54 Å². The van der Waals surface area contributed by atoms with Crippen molar-refractivity contribution in [2.24, 2.45) is 17.3 Å². The van der Waals surface area contributed by atoms with Gasteiger partial charge in [-0.3, -0.25) is 0 Å². The van der Waals surface area contributed by atoms with Crippen molar-refractivity contribution in [3.05, 3.63) is 47.2 Å². The van der Waals surface area contributed by atoms with Crippen LogP contribution in [0.25, 0.3) is 0 Å². The topological polar surface area (TPSA) is 106 Å². The Hall–Kier alpha value is -2.69. The van der Waals surface area contributed by atoms with Gasteiger partial charge in [-0.2, -0.15) is 10.2 Å². The second-order valence-corrected chi connectivity index (χ2v) is 12.0. The van der Waals surface area contributed by atoms with E-state index >= 15 is 0 Å². The van der Waals surface area contributed by atoms with Gasteiger partial charge in [-0.05, 0) is 93.1 Å². The number of aryl methyl sites for hydroxylation is 1. The fourth-order valence-electron chi connectivity index (χ4n) is 7.21. The summed E-state index contributed by atoms with van der Waals surface area (Å²) in [6.07, 6.45) is 11.7. The minimum Gasteiger partial charge on any atom is -0.393 e. The lowest BCUT2D eigenvalue weighted by Gasteiger charge is -2.52. The quantitative estimate of drug-likeness (QED) is 0.395. The van der Waals surface area contributed by atoms with Gasteiger partial charge in [0, 0.05) is 25.2 Å². The SMILES string of the molecule is Cc1ccccc1CNc1ncc(C#N)c(NC[C@@]23CC[C@@H](NC4CCC(O)CC4)[C@@H](CC(C)C2)C3)n1. The number of aliphatic hydroxyl groups is 1. The maximum Gasteiger partial charge on any atom is 0.224 e. The molecule has 37 heavy (non-hydrogen) atoms. The number of hydrogen-bond donors (Lipinski definition) is 4. The first-order valence-corrected chi connectivity index (χ1v) is 14.2. The van der Waals surface area contributed by atoms with E-state index in [4.69, 9.17) is 4.98 Å². The zero-order valence-corrected chi connectivity index (χ0v) is 22.3. The molecule has 0 spiro atoms. The fourth-order valence-corrected chi connectivity index (χ4v) is 7.21. The minimum absolute atomic E-state index is 0.101. The van der Waals surface area contributed by atoms with Crippen LogP contribution < -0.4 is 16.0 Å². The number of anilines is 2. The highest BCUT2D eigenvalue weighted by molar-refractivity contribution is 5.53. The molecule has 3 aliphatic rings. The summed E-state index contributed by atoms with van der Waals surface area (Å²) in [4.78, 5) is 9.09. The third kappa shape index (κ3) is 6.25. The van der Waals surface area contributed by atoms with Crippen LogP contribution >= 0.6 is 0 Å². The Kier molecular flexibility index (Phi) is 7.97. The Morgan fingerprint density at radius 3 is 2.70 bits per heavy atom. The van der Waals surface area contributed by atoms with Crippen molar-refractivity contribution in [1.82, 2.24) is 15.3 Å². The van der Waals surface area contributed by atoms with Crippen molar-refractivity contribution in [2.45, 2.75) is 96.4 Å². The van der Waals surface area contributed by atoms with Crippen LogP contribution in [0.2, 0.25) is 0 Å². The maximum atomic E-state index is 9.88. The third-order valence-corrected chi connectivity index (χ3v) is 9.12. The summed E-state index contributed by atoms with van der Waals surface area (Å²) < 4.78 is 0. The van der Waals surface area contributed by atoms with Gasteiger partial charge in [-0.25, -0.2) is 4.98 Å². The Labute approximate surface area is 221 Å². The Morgan fingerprint density at radius 1 is 1.11 bits per heavy atom. The lowest BCUT2D eigenvalue weighted by Crippen LogP contribution is -2.53. The van der Waals surface area contributed by atoms with E-state index in [-0.39, 0.29) is 11.5 Å². The summed E-state index contributed by atoms with van der Waals surface area (Å²) in [6, 6.07) is 11.7. The molecule has 1 aromatic heterocycles. The normalized spacial score (nSPS) is 31.4. The lowest BCUT2D eigenvalue weighted by molar-refractivity contribution is 0.0242. The molecule has 0 radical (unpaired) electrons. The Balaban J connectivity index is 1.22. The van der Waals surface area contributed by atoms with E-state index < -0.39 is 0 Å². The molecule has 2 bridgehead atoms. The second-order valence-electron chi connectivity index (χ2n) is 12.0. The van der Waals surface area contributed by atoms with Crippen molar-refractivity contribution in [1.29, 1.82) is 5.26 Å². The monoisotopic (exact) mass is 502 g/mol. The Morgan fingerprint density at radius 2 is 1.92 bits per heavy atom. The predicted molar refractivity (Wildman–Crippen MR) is 147 cm³/mol. The van der Waals surface area contributed by atoms with E-state index in [1.165, 1.54) is 43.2 Å². The van der Waals surface area contributed by atoms with Crippen molar-refractivity contribution in [3.8, 4) is 6.07 Å². The summed E-state index contributed by atoms with van der Waals surface area (Å²) in [6.45, 7) is 6.00. The first-order chi connectivity index (χ1) is 17.9. The maximum absolute atomic E-state index is 9.88. The average Bonchev–Trinajstić information content (AvgIpc) is 2.90. The van der Waals surface area contributed by atoms with Crippen molar-refractivity contribution in [3.63, 3.8) is 0 Å². The van der Waals surface area contributed by atoms with E-state index in [1.54, 1.807) is 6.20 Å². The van der Waals surface area contributed by atoms with E-state index in [0.29, 0.717) is 47.8 Å². The molecule has 198 valence electrons. The summed E-state index contributed by atoms with van der Waals surface area (Å²) in [5.74, 6) is 2.57. The number of benzene rings is 1. The lowest BCUT2D eigenvalue weighted by atomic mass is 9.57. The van der Waals surface area contributed by atoms with Gasteiger partial charge in [0.25, 0.3) is 0 Å². The molecule has 2 aromatic rings. The highest BCUT2D eigenvalue weighted by atomic mass is 16.3. The largest absolute Gasteiger partial charge is 0.393 e. The molecule has 7 nitrogen and oxygen atoms in total. The standard InChI is InChI=1S/C30H42N6O/c1-20-13-23-15-30(14-20,12-11-27(23)35-25-7-9-26(37)10-8-25)19-34-28-24(16-31)18-33-29(36-28)32-17-22-6-4-3-5-21(22)2/h3-6,18,20,23,25-27,35,37H,7-15,17,19H2,1-2H3,(H2,32,33,34,36)/t20?,23-,25?,26?,27+,30-/m0/s1. The fraction of sp³-hybridized carbons (Fsp3) is 0.633. The first-order valence-electron chi connectivity index (χ1n) is 14.2. The van der Waals surface area contributed by atoms with Crippen molar-refractivity contribution < 1.29 is 5.11 Å². The van der Waals surface area contributed by atoms with Crippen LogP contribution in [0.4, 0.5) is 11.8 Å².